The summed E-state index contributed by atoms with van der Waals surface area (Å²) >= 11 is 0. The van der Waals surface area contributed by atoms with Crippen LogP contribution in [0.15, 0.2) is 24.3 Å². The number of piperidine rings is 1. The molecule has 0 spiro atoms. The molecule has 1 unspecified atom stereocenters. The SMILES string of the molecule is c1ccc2c(c1)NC(CN1CCCCC1)CO2. The summed E-state index contributed by atoms with van der Waals surface area (Å²) in [6.07, 6.45) is 4.10. The Morgan fingerprint density at radius 2 is 2.00 bits per heavy atom. The van der Waals surface area contributed by atoms with Gasteiger partial charge in [-0.05, 0) is 38.1 Å². The molecule has 0 radical (unpaired) electrons. The molecule has 2 aliphatic rings. The lowest BCUT2D eigenvalue weighted by atomic mass is 10.1. The van der Waals surface area contributed by atoms with E-state index in [1.807, 2.05) is 12.1 Å². The first kappa shape index (κ1) is 10.9. The highest BCUT2D eigenvalue weighted by Crippen LogP contribution is 2.28. The van der Waals surface area contributed by atoms with E-state index < -0.39 is 0 Å². The van der Waals surface area contributed by atoms with Crippen LogP contribution in [0.3, 0.4) is 0 Å². The van der Waals surface area contributed by atoms with E-state index in [0.29, 0.717) is 6.04 Å². The summed E-state index contributed by atoms with van der Waals surface area (Å²) in [7, 11) is 0. The molecular weight excluding hydrogens is 212 g/mol. The van der Waals surface area contributed by atoms with Gasteiger partial charge in [-0.1, -0.05) is 18.6 Å². The number of fused-ring (bicyclic) bond motifs is 1. The van der Waals surface area contributed by atoms with Gasteiger partial charge in [0, 0.05) is 6.54 Å². The number of anilines is 1. The molecule has 1 saturated heterocycles. The van der Waals surface area contributed by atoms with Gasteiger partial charge in [0.1, 0.15) is 12.4 Å². The van der Waals surface area contributed by atoms with Crippen LogP contribution in [0.25, 0.3) is 0 Å². The molecule has 0 saturated carbocycles. The number of likely N-dealkylation sites (tertiary alicyclic amines) is 1. The molecular formula is C14H20N2O. The summed E-state index contributed by atoms with van der Waals surface area (Å²) in [5.74, 6) is 0.988. The molecule has 92 valence electrons. The van der Waals surface area contributed by atoms with Gasteiger partial charge in [-0.15, -0.1) is 0 Å². The van der Waals surface area contributed by atoms with Gasteiger partial charge in [-0.25, -0.2) is 0 Å². The molecule has 2 heterocycles. The van der Waals surface area contributed by atoms with Crippen molar-refractivity contribution in [2.24, 2.45) is 0 Å². The largest absolute Gasteiger partial charge is 0.489 e. The number of nitrogens with zero attached hydrogens (tertiary/aromatic N) is 1. The van der Waals surface area contributed by atoms with Gasteiger partial charge in [0.25, 0.3) is 0 Å². The summed E-state index contributed by atoms with van der Waals surface area (Å²) in [6.45, 7) is 4.39. The maximum atomic E-state index is 5.79. The summed E-state index contributed by atoms with van der Waals surface area (Å²) in [5, 5.41) is 3.58. The molecule has 0 bridgehead atoms. The third-order valence-corrected chi connectivity index (χ3v) is 3.61. The molecule has 3 nitrogen and oxygen atoms in total. The molecule has 3 heteroatoms. The van der Waals surface area contributed by atoms with Crippen molar-refractivity contribution < 1.29 is 4.74 Å². The van der Waals surface area contributed by atoms with E-state index in [-0.39, 0.29) is 0 Å². The Morgan fingerprint density at radius 1 is 1.18 bits per heavy atom. The lowest BCUT2D eigenvalue weighted by Crippen LogP contribution is -2.44. The minimum Gasteiger partial charge on any atom is -0.489 e. The lowest BCUT2D eigenvalue weighted by Gasteiger charge is -2.33. The number of rotatable bonds is 2. The summed E-state index contributed by atoms with van der Waals surface area (Å²) in [4.78, 5) is 2.55. The van der Waals surface area contributed by atoms with Gasteiger partial charge in [0.05, 0.1) is 11.7 Å². The Labute approximate surface area is 103 Å². The number of hydrogen-bond donors (Lipinski definition) is 1. The van der Waals surface area contributed by atoms with Crippen molar-refractivity contribution in [3.05, 3.63) is 24.3 Å². The second-order valence-electron chi connectivity index (χ2n) is 5.01. The van der Waals surface area contributed by atoms with Gasteiger partial charge < -0.3 is 15.0 Å². The van der Waals surface area contributed by atoms with E-state index in [4.69, 9.17) is 4.74 Å². The van der Waals surface area contributed by atoms with Crippen molar-refractivity contribution in [2.45, 2.75) is 25.3 Å². The van der Waals surface area contributed by atoms with Crippen molar-refractivity contribution in [2.75, 3.05) is 31.6 Å². The highest BCUT2D eigenvalue weighted by Gasteiger charge is 2.21. The zero-order valence-electron chi connectivity index (χ0n) is 10.2. The molecule has 0 aliphatic carbocycles. The van der Waals surface area contributed by atoms with E-state index in [1.165, 1.54) is 32.4 Å². The van der Waals surface area contributed by atoms with Crippen molar-refractivity contribution in [1.82, 2.24) is 4.90 Å². The molecule has 3 rings (SSSR count). The molecule has 1 aromatic carbocycles. The van der Waals surface area contributed by atoms with Crippen LogP contribution in [-0.2, 0) is 0 Å². The third-order valence-electron chi connectivity index (χ3n) is 3.61. The third kappa shape index (κ3) is 2.55. The molecule has 1 aromatic rings. The number of ether oxygens (including phenoxy) is 1. The zero-order valence-corrected chi connectivity index (χ0v) is 10.2. The van der Waals surface area contributed by atoms with Crippen LogP contribution in [0.5, 0.6) is 5.75 Å². The van der Waals surface area contributed by atoms with Gasteiger partial charge in [0.15, 0.2) is 0 Å². The number of benzene rings is 1. The van der Waals surface area contributed by atoms with Crippen molar-refractivity contribution in [1.29, 1.82) is 0 Å². The highest BCUT2D eigenvalue weighted by atomic mass is 16.5. The van der Waals surface area contributed by atoms with Gasteiger partial charge in [-0.3, -0.25) is 0 Å². The highest BCUT2D eigenvalue weighted by molar-refractivity contribution is 5.58. The van der Waals surface area contributed by atoms with Gasteiger partial charge in [-0.2, -0.15) is 0 Å². The first-order valence-corrected chi connectivity index (χ1v) is 6.62. The van der Waals surface area contributed by atoms with Crippen LogP contribution in [0.1, 0.15) is 19.3 Å². The predicted molar refractivity (Wildman–Crippen MR) is 69.6 cm³/mol. The van der Waals surface area contributed by atoms with Crippen LogP contribution in [-0.4, -0.2) is 37.2 Å². The first-order chi connectivity index (χ1) is 8.42. The summed E-state index contributed by atoms with van der Waals surface area (Å²) in [5.41, 5.74) is 1.14. The van der Waals surface area contributed by atoms with Crippen LogP contribution >= 0.6 is 0 Å². The minimum atomic E-state index is 0.433. The van der Waals surface area contributed by atoms with Crippen LogP contribution in [0.2, 0.25) is 0 Å². The van der Waals surface area contributed by atoms with E-state index in [2.05, 4.69) is 22.3 Å². The quantitative estimate of drug-likeness (QED) is 0.847. The fourth-order valence-electron chi connectivity index (χ4n) is 2.72. The average Bonchev–Trinajstić information content (AvgIpc) is 2.40. The van der Waals surface area contributed by atoms with Gasteiger partial charge in [0.2, 0.25) is 0 Å². The van der Waals surface area contributed by atoms with Crippen LogP contribution < -0.4 is 10.1 Å². The smallest absolute Gasteiger partial charge is 0.142 e. The van der Waals surface area contributed by atoms with E-state index in [1.54, 1.807) is 0 Å². The van der Waals surface area contributed by atoms with Crippen LogP contribution in [0.4, 0.5) is 5.69 Å². The van der Waals surface area contributed by atoms with Crippen molar-refractivity contribution in [3.8, 4) is 5.75 Å². The number of hydrogen-bond acceptors (Lipinski definition) is 3. The van der Waals surface area contributed by atoms with Crippen molar-refractivity contribution in [3.63, 3.8) is 0 Å². The Kier molecular flexibility index (Phi) is 3.18. The van der Waals surface area contributed by atoms with Crippen molar-refractivity contribution >= 4 is 5.69 Å². The molecule has 1 atom stereocenters. The Bertz CT molecular complexity index is 374. The van der Waals surface area contributed by atoms with E-state index in [9.17, 15) is 0 Å². The second-order valence-corrected chi connectivity index (χ2v) is 5.01. The van der Waals surface area contributed by atoms with E-state index >= 15 is 0 Å². The standard InChI is InChI=1S/C14H20N2O/c1-4-8-16(9-5-1)10-12-11-17-14-7-3-2-6-13(14)15-12/h2-3,6-7,12,15H,1,4-5,8-11H2. The molecule has 0 aromatic heterocycles. The second kappa shape index (κ2) is 4.96. The normalized spacial score (nSPS) is 24.6. The Balaban J connectivity index is 1.60. The maximum Gasteiger partial charge on any atom is 0.142 e. The summed E-state index contributed by atoms with van der Waals surface area (Å²) < 4.78 is 5.79. The topological polar surface area (TPSA) is 24.5 Å². The Hall–Kier alpha value is -1.22. The minimum absolute atomic E-state index is 0.433. The fourth-order valence-corrected chi connectivity index (χ4v) is 2.72. The molecule has 2 aliphatic heterocycles. The summed E-state index contributed by atoms with van der Waals surface area (Å²) in [6, 6.07) is 8.63. The lowest BCUT2D eigenvalue weighted by molar-refractivity contribution is 0.189. The average molecular weight is 232 g/mol. The first-order valence-electron chi connectivity index (χ1n) is 6.62. The number of nitrogens with one attached hydrogen (secondary N) is 1. The molecule has 1 fully saturated rings. The monoisotopic (exact) mass is 232 g/mol. The molecule has 17 heavy (non-hydrogen) atoms. The molecule has 0 amide bonds. The zero-order chi connectivity index (χ0) is 11.5. The predicted octanol–water partition coefficient (Wildman–Crippen LogP) is 2.35. The molecule has 1 N–H and O–H groups in total. The van der Waals surface area contributed by atoms with E-state index in [0.717, 1.165) is 24.6 Å². The van der Waals surface area contributed by atoms with Crippen LogP contribution in [0, 0.1) is 0 Å². The Morgan fingerprint density at radius 3 is 2.88 bits per heavy atom. The fraction of sp³-hybridized carbons (Fsp3) is 0.571. The number of para-hydroxylation sites is 2. The maximum absolute atomic E-state index is 5.79. The van der Waals surface area contributed by atoms with Gasteiger partial charge >= 0.3 is 0 Å².